The van der Waals surface area contributed by atoms with Gasteiger partial charge in [0.05, 0.1) is 31.2 Å². The Morgan fingerprint density at radius 2 is 1.98 bits per heavy atom. The summed E-state index contributed by atoms with van der Waals surface area (Å²) in [4.78, 5) is 27.1. The summed E-state index contributed by atoms with van der Waals surface area (Å²) in [5, 5.41) is 19.9. The van der Waals surface area contributed by atoms with Crippen LogP contribution in [0.1, 0.15) is 41.5 Å². The van der Waals surface area contributed by atoms with E-state index < -0.39 is 6.04 Å². The highest BCUT2D eigenvalue weighted by Gasteiger charge is 2.27. The van der Waals surface area contributed by atoms with Crippen LogP contribution < -0.4 is 10.5 Å². The van der Waals surface area contributed by atoms with Crippen molar-refractivity contribution in [3.05, 3.63) is 64.8 Å². The molecule has 0 aliphatic heterocycles. The maximum Gasteiger partial charge on any atom is 0.271 e. The van der Waals surface area contributed by atoms with Crippen molar-refractivity contribution in [1.29, 1.82) is 0 Å². The van der Waals surface area contributed by atoms with Crippen molar-refractivity contribution in [2.24, 2.45) is 0 Å². The summed E-state index contributed by atoms with van der Waals surface area (Å²) in [6.07, 6.45) is 4.82. The van der Waals surface area contributed by atoms with Gasteiger partial charge in [0.25, 0.3) is 5.91 Å². The van der Waals surface area contributed by atoms with Crippen molar-refractivity contribution in [2.45, 2.75) is 33.4 Å². The van der Waals surface area contributed by atoms with Gasteiger partial charge in [-0.3, -0.25) is 14.5 Å². The molecular formula is C29H32ClN9O3. The molecule has 0 saturated carbocycles. The predicted octanol–water partition coefficient (Wildman–Crippen LogP) is 4.00. The molecule has 4 aromatic heterocycles. The standard InChI is InChI=1S/C29H32ClN9O3/c1-6-42-26-19(13-20(30)16(2)23(26)18-7-8-22(32-14-18)29(41)37(4)5)17(3)39-28-24(27(31)33-15-34-28)25(36-39)21-9-10-38(35-21)11-12-40/h7-10,13-15,17,40H,6,11-12H2,1-5H3,(H2,31,33,34). The molecular weight excluding hydrogens is 558 g/mol. The summed E-state index contributed by atoms with van der Waals surface area (Å²) in [5.74, 6) is 0.712. The number of halogens is 1. The van der Waals surface area contributed by atoms with E-state index in [0.29, 0.717) is 52.0 Å². The Morgan fingerprint density at radius 1 is 1.19 bits per heavy atom. The van der Waals surface area contributed by atoms with Gasteiger partial charge in [0.15, 0.2) is 5.65 Å². The molecule has 0 aliphatic rings. The van der Waals surface area contributed by atoms with Gasteiger partial charge in [-0.1, -0.05) is 17.7 Å². The maximum atomic E-state index is 12.4. The molecule has 218 valence electrons. The van der Waals surface area contributed by atoms with Crippen molar-refractivity contribution in [1.82, 2.24) is 39.4 Å². The number of nitrogen functional groups attached to an aromatic ring is 1. The zero-order valence-corrected chi connectivity index (χ0v) is 24.8. The van der Waals surface area contributed by atoms with Crippen LogP contribution in [0.15, 0.2) is 43.0 Å². The van der Waals surface area contributed by atoms with Crippen LogP contribution in [0.25, 0.3) is 33.5 Å². The number of nitrogens with zero attached hydrogens (tertiary/aromatic N) is 8. The first-order valence-corrected chi connectivity index (χ1v) is 13.8. The van der Waals surface area contributed by atoms with Gasteiger partial charge in [0.1, 0.15) is 35.0 Å². The molecule has 1 amide bonds. The van der Waals surface area contributed by atoms with Crippen LogP contribution in [-0.2, 0) is 6.54 Å². The van der Waals surface area contributed by atoms with Gasteiger partial charge in [-0.2, -0.15) is 10.2 Å². The molecule has 13 heteroatoms. The van der Waals surface area contributed by atoms with E-state index in [0.717, 1.165) is 22.3 Å². The zero-order valence-electron chi connectivity index (χ0n) is 24.0. The van der Waals surface area contributed by atoms with E-state index in [1.165, 1.54) is 11.2 Å². The average Bonchev–Trinajstić information content (AvgIpc) is 3.60. The number of hydrogen-bond acceptors (Lipinski definition) is 9. The van der Waals surface area contributed by atoms with Crippen LogP contribution in [0.2, 0.25) is 5.02 Å². The van der Waals surface area contributed by atoms with Gasteiger partial charge >= 0.3 is 0 Å². The molecule has 0 spiro atoms. The molecule has 1 unspecified atom stereocenters. The van der Waals surface area contributed by atoms with Crippen LogP contribution in [0, 0.1) is 6.92 Å². The van der Waals surface area contributed by atoms with Crippen molar-refractivity contribution in [3.63, 3.8) is 0 Å². The first kappa shape index (κ1) is 29.0. The molecule has 42 heavy (non-hydrogen) atoms. The number of aliphatic hydroxyl groups excluding tert-OH is 1. The number of benzene rings is 1. The monoisotopic (exact) mass is 589 g/mol. The Morgan fingerprint density at radius 3 is 2.64 bits per heavy atom. The van der Waals surface area contributed by atoms with Crippen molar-refractivity contribution in [2.75, 3.05) is 33.0 Å². The van der Waals surface area contributed by atoms with Gasteiger partial charge in [0.2, 0.25) is 0 Å². The number of ether oxygens (including phenoxy) is 1. The highest BCUT2D eigenvalue weighted by atomic mass is 35.5. The SMILES string of the molecule is CCOc1c(C(C)n2nc(-c3ccn(CCO)n3)c3c(N)ncnc32)cc(Cl)c(C)c1-c1ccc(C(=O)N(C)C)nc1. The summed E-state index contributed by atoms with van der Waals surface area (Å²) in [5.41, 5.74) is 11.4. The maximum absolute atomic E-state index is 12.4. The summed E-state index contributed by atoms with van der Waals surface area (Å²) in [6, 6.07) is 6.82. The summed E-state index contributed by atoms with van der Waals surface area (Å²) in [7, 11) is 3.37. The summed E-state index contributed by atoms with van der Waals surface area (Å²) < 4.78 is 9.67. The second-order valence-corrected chi connectivity index (χ2v) is 10.4. The Hall–Kier alpha value is -4.55. The molecule has 5 aromatic rings. The van der Waals surface area contributed by atoms with Crippen molar-refractivity contribution in [3.8, 4) is 28.3 Å². The third-order valence-electron chi connectivity index (χ3n) is 7.02. The number of nitrogens with two attached hydrogens (primary N) is 1. The predicted molar refractivity (Wildman–Crippen MR) is 160 cm³/mol. The lowest BCUT2D eigenvalue weighted by Crippen LogP contribution is -2.22. The minimum absolute atomic E-state index is 0.0421. The van der Waals surface area contributed by atoms with E-state index in [4.69, 9.17) is 27.2 Å². The van der Waals surface area contributed by atoms with Crippen molar-refractivity contribution < 1.29 is 14.6 Å². The summed E-state index contributed by atoms with van der Waals surface area (Å²) >= 11 is 6.83. The molecule has 0 radical (unpaired) electrons. The van der Waals surface area contributed by atoms with Crippen LogP contribution in [0.3, 0.4) is 0 Å². The molecule has 12 nitrogen and oxygen atoms in total. The van der Waals surface area contributed by atoms with Gasteiger partial charge in [0, 0.05) is 48.2 Å². The third kappa shape index (κ3) is 5.14. The molecule has 0 fully saturated rings. The normalized spacial score (nSPS) is 12.1. The van der Waals surface area contributed by atoms with Gasteiger partial charge in [-0.05, 0) is 44.5 Å². The first-order chi connectivity index (χ1) is 20.2. The van der Waals surface area contributed by atoms with Crippen LogP contribution in [0.5, 0.6) is 5.75 Å². The number of pyridine rings is 1. The Labute approximate surface area is 247 Å². The Balaban J connectivity index is 1.68. The fraction of sp³-hybridized carbons (Fsp3) is 0.310. The number of rotatable bonds is 9. The molecule has 1 aromatic carbocycles. The lowest BCUT2D eigenvalue weighted by atomic mass is 9.94. The fourth-order valence-electron chi connectivity index (χ4n) is 4.89. The largest absolute Gasteiger partial charge is 0.493 e. The summed E-state index contributed by atoms with van der Waals surface area (Å²) in [6.45, 7) is 6.52. The molecule has 0 bridgehead atoms. The number of aliphatic hydroxyl groups is 1. The Kier molecular flexibility index (Phi) is 8.10. The second kappa shape index (κ2) is 11.7. The number of hydrogen-bond donors (Lipinski definition) is 2. The van der Waals surface area contributed by atoms with E-state index in [1.54, 1.807) is 41.9 Å². The highest BCUT2D eigenvalue weighted by Crippen LogP contribution is 2.44. The zero-order chi connectivity index (χ0) is 30.1. The molecule has 0 saturated heterocycles. The smallest absolute Gasteiger partial charge is 0.271 e. The minimum Gasteiger partial charge on any atom is -0.493 e. The first-order valence-electron chi connectivity index (χ1n) is 13.4. The van der Waals surface area contributed by atoms with E-state index in [2.05, 4.69) is 20.1 Å². The van der Waals surface area contributed by atoms with Crippen molar-refractivity contribution >= 4 is 34.4 Å². The molecule has 4 heterocycles. The quantitative estimate of drug-likeness (QED) is 0.260. The fourth-order valence-corrected chi connectivity index (χ4v) is 5.10. The lowest BCUT2D eigenvalue weighted by Gasteiger charge is -2.23. The number of carbonyl (C=O) groups excluding carboxylic acids is 1. The lowest BCUT2D eigenvalue weighted by molar-refractivity contribution is 0.0822. The van der Waals surface area contributed by atoms with E-state index in [1.807, 2.05) is 39.0 Å². The number of amides is 1. The van der Waals surface area contributed by atoms with Gasteiger partial charge < -0.3 is 20.5 Å². The molecule has 0 aliphatic carbocycles. The number of fused-ring (bicyclic) bond motifs is 1. The molecule has 5 rings (SSSR count). The second-order valence-electron chi connectivity index (χ2n) is 9.96. The molecule has 3 N–H and O–H groups in total. The number of anilines is 1. The van der Waals surface area contributed by atoms with Crippen LogP contribution in [0.4, 0.5) is 5.82 Å². The topological polar surface area (TPSA) is 150 Å². The average molecular weight is 590 g/mol. The van der Waals surface area contributed by atoms with Gasteiger partial charge in [-0.15, -0.1) is 0 Å². The third-order valence-corrected chi connectivity index (χ3v) is 7.41. The Bertz CT molecular complexity index is 1760. The van der Waals surface area contributed by atoms with E-state index >= 15 is 0 Å². The van der Waals surface area contributed by atoms with E-state index in [9.17, 15) is 9.90 Å². The van der Waals surface area contributed by atoms with Crippen LogP contribution >= 0.6 is 11.6 Å². The molecule has 1 atom stereocenters. The number of aromatic nitrogens is 7. The van der Waals surface area contributed by atoms with Crippen LogP contribution in [-0.4, -0.2) is 77.7 Å². The van der Waals surface area contributed by atoms with Gasteiger partial charge in [-0.25, -0.2) is 14.6 Å². The minimum atomic E-state index is -0.406. The van der Waals surface area contributed by atoms with E-state index in [-0.39, 0.29) is 18.3 Å². The number of carbonyl (C=O) groups is 1. The highest BCUT2D eigenvalue weighted by molar-refractivity contribution is 6.32.